The molecular weight excluding hydrogens is 412 g/mol. The fourth-order valence-electron chi connectivity index (χ4n) is 5.36. The highest BCUT2D eigenvalue weighted by Crippen LogP contribution is 2.51. The van der Waals surface area contributed by atoms with E-state index in [2.05, 4.69) is 0 Å². The molecule has 6 rings (SSSR count). The van der Waals surface area contributed by atoms with E-state index in [0.29, 0.717) is 0 Å². The summed E-state index contributed by atoms with van der Waals surface area (Å²) in [5, 5.41) is 12.0. The Morgan fingerprint density at radius 3 is 2.24 bits per heavy atom. The van der Waals surface area contributed by atoms with E-state index in [1.54, 1.807) is 12.1 Å². The lowest BCUT2D eigenvalue weighted by atomic mass is 9.69. The zero-order chi connectivity index (χ0) is 22.4. The van der Waals surface area contributed by atoms with Gasteiger partial charge in [-0.3, -0.25) is 4.79 Å². The molecule has 1 fully saturated rings. The zero-order valence-electron chi connectivity index (χ0n) is 18.2. The molecule has 1 aliphatic carbocycles. The number of rotatable bonds is 4. The number of phenolic OH excluding ortho intramolecular Hbond substituents is 1. The van der Waals surface area contributed by atoms with Crippen LogP contribution in [0.1, 0.15) is 46.3 Å². The summed E-state index contributed by atoms with van der Waals surface area (Å²) in [5.41, 5.74) is 2.41. The van der Waals surface area contributed by atoms with Crippen LogP contribution in [-0.2, 0) is 10.2 Å². The summed E-state index contributed by atoms with van der Waals surface area (Å²) in [5.74, 6) is 0.947. The Hall–Kier alpha value is -3.63. The van der Waals surface area contributed by atoms with Gasteiger partial charge in [-0.25, -0.2) is 0 Å². The van der Waals surface area contributed by atoms with Crippen LogP contribution >= 0.6 is 0 Å². The van der Waals surface area contributed by atoms with E-state index in [-0.39, 0.29) is 17.8 Å². The van der Waals surface area contributed by atoms with Gasteiger partial charge in [0.2, 0.25) is 0 Å². The minimum Gasteiger partial charge on any atom is -0.508 e. The van der Waals surface area contributed by atoms with Crippen molar-refractivity contribution in [2.45, 2.75) is 31.0 Å². The predicted molar refractivity (Wildman–Crippen MR) is 127 cm³/mol. The third-order valence-electron chi connectivity index (χ3n) is 6.89. The number of carbonyl (C=O) groups is 1. The number of Topliss-reactive ketones (excluding diaryl/α,β-unsaturated/α-hetero) is 1. The van der Waals surface area contributed by atoms with Gasteiger partial charge in [-0.1, -0.05) is 60.7 Å². The van der Waals surface area contributed by atoms with Crippen LogP contribution in [0.15, 0.2) is 84.9 Å². The summed E-state index contributed by atoms with van der Waals surface area (Å²) in [6, 6.07) is 26.8. The first-order valence-electron chi connectivity index (χ1n) is 11.4. The molecule has 1 heterocycles. The van der Waals surface area contributed by atoms with Crippen LogP contribution in [0.25, 0.3) is 10.8 Å². The second kappa shape index (κ2) is 7.75. The number of ketones is 1. The van der Waals surface area contributed by atoms with Crippen LogP contribution in [0.3, 0.4) is 0 Å². The van der Waals surface area contributed by atoms with Crippen molar-refractivity contribution in [1.29, 1.82) is 0 Å². The van der Waals surface area contributed by atoms with Crippen LogP contribution in [0, 0.1) is 0 Å². The Kier molecular flexibility index (Phi) is 4.70. The number of ether oxygens (including phenoxy) is 2. The first-order chi connectivity index (χ1) is 16.2. The molecule has 0 bridgehead atoms. The molecule has 1 aliphatic heterocycles. The highest BCUT2D eigenvalue weighted by atomic mass is 16.7. The lowest BCUT2D eigenvalue weighted by molar-refractivity contribution is -0.105. The molecule has 4 aromatic carbocycles. The summed E-state index contributed by atoms with van der Waals surface area (Å²) >= 11 is 0. The smallest absolute Gasteiger partial charge is 0.199 e. The quantitative estimate of drug-likeness (QED) is 0.427. The maximum atomic E-state index is 14.2. The number of hydrogen-bond acceptors (Lipinski definition) is 4. The normalized spacial score (nSPS) is 21.9. The van der Waals surface area contributed by atoms with E-state index in [1.165, 1.54) is 0 Å². The minimum absolute atomic E-state index is 0.0456. The van der Waals surface area contributed by atoms with Gasteiger partial charge in [0.15, 0.2) is 12.1 Å². The second-order valence-corrected chi connectivity index (χ2v) is 8.77. The lowest BCUT2D eigenvalue weighted by Gasteiger charge is -2.31. The fourth-order valence-corrected chi connectivity index (χ4v) is 5.36. The summed E-state index contributed by atoms with van der Waals surface area (Å²) < 4.78 is 11.7. The van der Waals surface area contributed by atoms with Crippen LogP contribution in [0.4, 0.5) is 0 Å². The van der Waals surface area contributed by atoms with Gasteiger partial charge in [0, 0.05) is 12.0 Å². The first-order valence-corrected chi connectivity index (χ1v) is 11.4. The summed E-state index contributed by atoms with van der Waals surface area (Å²) in [6.07, 6.45) is 2.84. The average Bonchev–Trinajstić information content (AvgIpc) is 3.11. The molecule has 4 aromatic rings. The fraction of sp³-hybridized carbons (Fsp3) is 0.207. The molecule has 0 aromatic heterocycles. The third kappa shape index (κ3) is 3.05. The molecular formula is C29H24O4. The van der Waals surface area contributed by atoms with Gasteiger partial charge in [-0.05, 0) is 64.6 Å². The first kappa shape index (κ1) is 20.0. The van der Waals surface area contributed by atoms with Crippen LogP contribution in [0.2, 0.25) is 0 Å². The Labute approximate surface area is 192 Å². The highest BCUT2D eigenvalue weighted by molar-refractivity contribution is 6.23. The Morgan fingerprint density at radius 2 is 1.55 bits per heavy atom. The number of phenols is 1. The van der Waals surface area contributed by atoms with Crippen molar-refractivity contribution in [3.63, 3.8) is 0 Å². The van der Waals surface area contributed by atoms with Gasteiger partial charge in [0.1, 0.15) is 16.9 Å². The van der Waals surface area contributed by atoms with Crippen molar-refractivity contribution >= 4 is 16.6 Å². The summed E-state index contributed by atoms with van der Waals surface area (Å²) in [4.78, 5) is 14.2. The largest absolute Gasteiger partial charge is 0.508 e. The van der Waals surface area contributed by atoms with Gasteiger partial charge in [-0.2, -0.15) is 0 Å². The van der Waals surface area contributed by atoms with Crippen LogP contribution in [-0.4, -0.2) is 23.8 Å². The van der Waals surface area contributed by atoms with Crippen molar-refractivity contribution < 1.29 is 19.4 Å². The van der Waals surface area contributed by atoms with Crippen LogP contribution in [0.5, 0.6) is 11.5 Å². The maximum absolute atomic E-state index is 14.2. The van der Waals surface area contributed by atoms with Gasteiger partial charge in [-0.15, -0.1) is 0 Å². The molecule has 0 radical (unpaired) electrons. The van der Waals surface area contributed by atoms with E-state index in [4.69, 9.17) is 9.47 Å². The molecule has 0 spiro atoms. The van der Waals surface area contributed by atoms with Crippen molar-refractivity contribution in [2.75, 3.05) is 6.61 Å². The Bertz CT molecular complexity index is 1330. The summed E-state index contributed by atoms with van der Waals surface area (Å²) in [7, 11) is 0. The molecule has 2 unspecified atom stereocenters. The van der Waals surface area contributed by atoms with E-state index in [0.717, 1.165) is 64.6 Å². The minimum atomic E-state index is -0.989. The molecule has 1 saturated heterocycles. The number of benzene rings is 4. The average molecular weight is 437 g/mol. The van der Waals surface area contributed by atoms with Gasteiger partial charge < -0.3 is 14.6 Å². The van der Waals surface area contributed by atoms with Crippen LogP contribution < -0.4 is 4.74 Å². The molecule has 4 heteroatoms. The third-order valence-corrected chi connectivity index (χ3v) is 6.89. The second-order valence-electron chi connectivity index (χ2n) is 8.77. The SMILES string of the molecule is O=C1c2cccc3cccc(c23)C1(c1ccc(O)cc1)c1ccc(OC2CCCCO2)cc1. The molecule has 0 saturated carbocycles. The molecule has 4 nitrogen and oxygen atoms in total. The molecule has 0 amide bonds. The monoisotopic (exact) mass is 436 g/mol. The highest BCUT2D eigenvalue weighted by Gasteiger charge is 2.50. The predicted octanol–water partition coefficient (Wildman–Crippen LogP) is 5.98. The van der Waals surface area contributed by atoms with E-state index < -0.39 is 5.41 Å². The van der Waals surface area contributed by atoms with Crippen molar-refractivity contribution in [1.82, 2.24) is 0 Å². The molecule has 2 atom stereocenters. The topological polar surface area (TPSA) is 55.8 Å². The molecule has 33 heavy (non-hydrogen) atoms. The van der Waals surface area contributed by atoms with E-state index in [1.807, 2.05) is 72.8 Å². The number of hydrogen-bond donors (Lipinski definition) is 1. The van der Waals surface area contributed by atoms with Crippen molar-refractivity contribution in [3.8, 4) is 11.5 Å². The van der Waals surface area contributed by atoms with Crippen molar-refractivity contribution in [2.24, 2.45) is 0 Å². The maximum Gasteiger partial charge on any atom is 0.199 e. The summed E-state index contributed by atoms with van der Waals surface area (Å²) in [6.45, 7) is 0.726. The molecule has 1 N–H and O–H groups in total. The lowest BCUT2D eigenvalue weighted by Crippen LogP contribution is -2.35. The van der Waals surface area contributed by atoms with Crippen molar-refractivity contribution in [3.05, 3.63) is 107 Å². The standard InChI is InChI=1S/C29H24O4/c30-22-14-10-20(11-15-22)29(21-12-16-23(17-13-21)33-26-9-1-2-18-32-26)25-8-4-6-19-5-3-7-24(27(19)25)28(29)31/h3-8,10-17,26,30H,1-2,9,18H2. The van der Waals surface area contributed by atoms with Gasteiger partial charge >= 0.3 is 0 Å². The van der Waals surface area contributed by atoms with Gasteiger partial charge in [0.05, 0.1) is 6.61 Å². The zero-order valence-corrected chi connectivity index (χ0v) is 18.2. The van der Waals surface area contributed by atoms with E-state index >= 15 is 0 Å². The number of aromatic hydroxyl groups is 1. The molecule has 2 aliphatic rings. The Morgan fingerprint density at radius 1 is 0.848 bits per heavy atom. The molecule has 164 valence electrons. The van der Waals surface area contributed by atoms with Gasteiger partial charge in [0.25, 0.3) is 0 Å². The number of carbonyl (C=O) groups excluding carboxylic acids is 1. The van der Waals surface area contributed by atoms with E-state index in [9.17, 15) is 9.90 Å². The Balaban J connectivity index is 1.51.